The van der Waals surface area contributed by atoms with Gasteiger partial charge >= 0.3 is 0 Å². The lowest BCUT2D eigenvalue weighted by Crippen LogP contribution is -2.25. The number of aliphatic hydroxyl groups is 1. The molecule has 1 aliphatic heterocycles. The van der Waals surface area contributed by atoms with E-state index < -0.39 is 6.10 Å². The first-order valence-electron chi connectivity index (χ1n) is 7.15. The second-order valence-electron chi connectivity index (χ2n) is 5.34. The highest BCUT2D eigenvalue weighted by molar-refractivity contribution is 6.35. The largest absolute Gasteiger partial charge is 0.388 e. The molecule has 0 saturated heterocycles. The Labute approximate surface area is 132 Å². The summed E-state index contributed by atoms with van der Waals surface area (Å²) in [6.45, 7) is 0.700. The zero-order valence-electron chi connectivity index (χ0n) is 11.9. The highest BCUT2D eigenvalue weighted by Gasteiger charge is 2.23. The molecule has 1 aromatic carbocycles. The number of hydrazone groups is 1. The Balaban J connectivity index is 2.23. The first-order valence-corrected chi connectivity index (χ1v) is 7.53. The van der Waals surface area contributed by atoms with Crippen LogP contribution in [0.2, 0.25) is 5.02 Å². The van der Waals surface area contributed by atoms with Crippen LogP contribution in [0.15, 0.2) is 23.3 Å². The molecule has 0 fully saturated rings. The lowest BCUT2D eigenvalue weighted by molar-refractivity contribution is 0.0968. The van der Waals surface area contributed by atoms with Crippen LogP contribution in [0.25, 0.3) is 10.9 Å². The molecule has 1 aromatic heterocycles. The van der Waals surface area contributed by atoms with Gasteiger partial charge in [-0.1, -0.05) is 17.7 Å². The van der Waals surface area contributed by atoms with Gasteiger partial charge in [0.15, 0.2) is 0 Å². The Morgan fingerprint density at radius 3 is 3.09 bits per heavy atom. The number of benzene rings is 1. The van der Waals surface area contributed by atoms with Crippen molar-refractivity contribution in [3.8, 4) is 0 Å². The van der Waals surface area contributed by atoms with Gasteiger partial charge in [0, 0.05) is 22.5 Å². The van der Waals surface area contributed by atoms with Crippen LogP contribution < -0.4 is 11.2 Å². The molecule has 0 bridgehead atoms. The molecule has 22 heavy (non-hydrogen) atoms. The molecule has 6 nitrogen and oxygen atoms in total. The van der Waals surface area contributed by atoms with Gasteiger partial charge in [0.25, 0.3) is 5.91 Å². The summed E-state index contributed by atoms with van der Waals surface area (Å²) >= 11 is 6.27. The van der Waals surface area contributed by atoms with E-state index in [4.69, 9.17) is 17.4 Å². The normalized spacial score (nSPS) is 18.4. The lowest BCUT2D eigenvalue weighted by Gasteiger charge is -2.20. The fourth-order valence-electron chi connectivity index (χ4n) is 3.00. The molecule has 1 unspecified atom stereocenters. The number of rotatable bonds is 2. The number of amides is 1. The number of aryl methyl sites for hydroxylation is 1. The molecule has 1 amide bonds. The van der Waals surface area contributed by atoms with Crippen molar-refractivity contribution in [2.24, 2.45) is 10.9 Å². The first-order chi connectivity index (χ1) is 10.6. The van der Waals surface area contributed by atoms with Gasteiger partial charge in [0.1, 0.15) is 12.0 Å². The highest BCUT2D eigenvalue weighted by atomic mass is 35.5. The van der Waals surface area contributed by atoms with Crippen LogP contribution >= 0.6 is 11.6 Å². The van der Waals surface area contributed by atoms with E-state index in [0.717, 1.165) is 35.6 Å². The molecule has 7 heteroatoms. The first kappa shape index (κ1) is 14.9. The number of aromatic nitrogens is 1. The maximum atomic E-state index is 12.3. The maximum absolute atomic E-state index is 12.3. The summed E-state index contributed by atoms with van der Waals surface area (Å²) in [5.74, 6) is 4.71. The number of aliphatic hydroxyl groups excluding tert-OH is 1. The summed E-state index contributed by atoms with van der Waals surface area (Å²) in [6, 6.07) is 5.34. The van der Waals surface area contributed by atoms with Gasteiger partial charge in [0.05, 0.1) is 11.6 Å². The van der Waals surface area contributed by atoms with Crippen LogP contribution in [-0.2, 0) is 6.54 Å². The fourth-order valence-corrected chi connectivity index (χ4v) is 3.20. The molecule has 0 spiro atoms. The van der Waals surface area contributed by atoms with E-state index in [9.17, 15) is 9.90 Å². The lowest BCUT2D eigenvalue weighted by atomic mass is 10.00. The molecular formula is C15H17ClN4O2. The van der Waals surface area contributed by atoms with Crippen molar-refractivity contribution in [1.29, 1.82) is 0 Å². The van der Waals surface area contributed by atoms with Crippen molar-refractivity contribution < 1.29 is 9.90 Å². The Hall–Kier alpha value is -2.05. The molecule has 0 saturated carbocycles. The number of nitrogens with zero attached hydrogens (tertiary/aromatic N) is 2. The van der Waals surface area contributed by atoms with Crippen LogP contribution in [0.3, 0.4) is 0 Å². The second-order valence-corrected chi connectivity index (χ2v) is 5.75. The zero-order valence-corrected chi connectivity index (χ0v) is 12.7. The Morgan fingerprint density at radius 1 is 1.50 bits per heavy atom. The minimum atomic E-state index is -0.546. The average molecular weight is 321 g/mol. The summed E-state index contributed by atoms with van der Waals surface area (Å²) in [7, 11) is 0. The highest BCUT2D eigenvalue weighted by Crippen LogP contribution is 2.36. The monoisotopic (exact) mass is 320 g/mol. The van der Waals surface area contributed by atoms with Crippen molar-refractivity contribution in [3.63, 3.8) is 0 Å². The number of hydrogen-bond acceptors (Lipinski definition) is 4. The van der Waals surface area contributed by atoms with Crippen molar-refractivity contribution in [1.82, 2.24) is 9.88 Å². The fraction of sp³-hybridized carbons (Fsp3) is 0.333. The summed E-state index contributed by atoms with van der Waals surface area (Å²) in [5, 5.41) is 17.5. The van der Waals surface area contributed by atoms with Gasteiger partial charge in [-0.15, -0.1) is 0 Å². The number of carbonyl (C=O) groups is 1. The number of nitrogens with one attached hydrogen (secondary N) is 1. The van der Waals surface area contributed by atoms with Gasteiger partial charge < -0.3 is 20.8 Å². The van der Waals surface area contributed by atoms with Crippen LogP contribution in [0.5, 0.6) is 0 Å². The molecule has 0 radical (unpaired) electrons. The standard InChI is InChI=1S/C15H17ClN4O2/c16-11-5-4-9-13(21)3-1-2-6-20-12(7-10(11)14(9)20)15(22)18-8-19-17/h4-5,7-8,13,21H,1-3,6,17H2,(H,18,19,22). The second kappa shape index (κ2) is 5.98. The smallest absolute Gasteiger partial charge is 0.273 e. The van der Waals surface area contributed by atoms with Gasteiger partial charge in [-0.2, -0.15) is 5.10 Å². The predicted octanol–water partition coefficient (Wildman–Crippen LogP) is 2.14. The third-order valence-corrected chi connectivity index (χ3v) is 4.34. The minimum Gasteiger partial charge on any atom is -0.388 e. The summed E-state index contributed by atoms with van der Waals surface area (Å²) < 4.78 is 1.92. The third kappa shape index (κ3) is 2.44. The Kier molecular flexibility index (Phi) is 4.04. The van der Waals surface area contributed by atoms with E-state index >= 15 is 0 Å². The summed E-state index contributed by atoms with van der Waals surface area (Å²) in [6.07, 6.45) is 3.10. The third-order valence-electron chi connectivity index (χ3n) is 4.01. The van der Waals surface area contributed by atoms with E-state index in [1.807, 2.05) is 10.6 Å². The number of carbonyl (C=O) groups excluding carboxylic acids is 1. The minimum absolute atomic E-state index is 0.303. The Morgan fingerprint density at radius 2 is 2.32 bits per heavy atom. The van der Waals surface area contributed by atoms with Crippen molar-refractivity contribution >= 4 is 34.7 Å². The van der Waals surface area contributed by atoms with E-state index in [0.29, 0.717) is 23.7 Å². The zero-order chi connectivity index (χ0) is 15.7. The number of hydrogen-bond donors (Lipinski definition) is 3. The molecule has 3 rings (SSSR count). The average Bonchev–Trinajstić information content (AvgIpc) is 2.88. The molecule has 116 valence electrons. The van der Waals surface area contributed by atoms with E-state index in [2.05, 4.69) is 10.4 Å². The van der Waals surface area contributed by atoms with Crippen LogP contribution in [0, 0.1) is 0 Å². The quantitative estimate of drug-likeness (QED) is 0.342. The molecule has 2 heterocycles. The van der Waals surface area contributed by atoms with Gasteiger partial charge in [-0.25, -0.2) is 0 Å². The molecule has 1 aliphatic rings. The van der Waals surface area contributed by atoms with Crippen molar-refractivity contribution in [3.05, 3.63) is 34.5 Å². The van der Waals surface area contributed by atoms with Crippen LogP contribution in [-0.4, -0.2) is 21.9 Å². The molecule has 4 N–H and O–H groups in total. The maximum Gasteiger partial charge on any atom is 0.273 e. The van der Waals surface area contributed by atoms with Gasteiger partial charge in [0.2, 0.25) is 0 Å². The van der Waals surface area contributed by atoms with Crippen LogP contribution in [0.4, 0.5) is 0 Å². The van der Waals surface area contributed by atoms with Gasteiger partial charge in [-0.05, 0) is 31.4 Å². The number of halogens is 1. The van der Waals surface area contributed by atoms with Crippen LogP contribution in [0.1, 0.15) is 41.4 Å². The molecule has 0 aliphatic carbocycles. The van der Waals surface area contributed by atoms with Gasteiger partial charge in [-0.3, -0.25) is 4.79 Å². The molecule has 2 aromatic rings. The van der Waals surface area contributed by atoms with E-state index in [1.165, 1.54) is 0 Å². The SMILES string of the molecule is NN=CNC(=O)c1cc2c(Cl)ccc3c2n1CCCCC3O. The number of nitrogens with two attached hydrogens (primary N) is 1. The summed E-state index contributed by atoms with van der Waals surface area (Å²) in [5.41, 5.74) is 2.12. The topological polar surface area (TPSA) is 92.6 Å². The van der Waals surface area contributed by atoms with E-state index in [-0.39, 0.29) is 5.91 Å². The molecular weight excluding hydrogens is 304 g/mol. The van der Waals surface area contributed by atoms with Crippen molar-refractivity contribution in [2.75, 3.05) is 0 Å². The summed E-state index contributed by atoms with van der Waals surface area (Å²) in [4.78, 5) is 12.3. The Bertz CT molecular complexity index is 754. The van der Waals surface area contributed by atoms with Crippen molar-refractivity contribution in [2.45, 2.75) is 31.9 Å². The predicted molar refractivity (Wildman–Crippen MR) is 85.9 cm³/mol. The van der Waals surface area contributed by atoms with E-state index in [1.54, 1.807) is 12.1 Å². The molecule has 1 atom stereocenters.